The number of nitrogens with zero attached hydrogens (tertiary/aromatic N) is 1. The van der Waals surface area contributed by atoms with Crippen LogP contribution in [0.2, 0.25) is 0 Å². The lowest BCUT2D eigenvalue weighted by atomic mass is 9.93. The van der Waals surface area contributed by atoms with E-state index in [1.807, 2.05) is 19.2 Å². The summed E-state index contributed by atoms with van der Waals surface area (Å²) < 4.78 is 0. The molecule has 1 aliphatic rings. The minimum Gasteiger partial charge on any atom is -0.321 e. The fourth-order valence-corrected chi connectivity index (χ4v) is 2.75. The lowest BCUT2D eigenvalue weighted by Crippen LogP contribution is -2.30. The first-order valence-corrected chi connectivity index (χ1v) is 6.97. The van der Waals surface area contributed by atoms with Gasteiger partial charge in [0.15, 0.2) is 5.78 Å². The Morgan fingerprint density at radius 2 is 2.10 bits per heavy atom. The second kappa shape index (κ2) is 5.17. The first-order chi connectivity index (χ1) is 9.65. The lowest BCUT2D eigenvalue weighted by molar-refractivity contribution is -0.119. The number of carbonyl (C=O) groups is 1. The van der Waals surface area contributed by atoms with Crippen molar-refractivity contribution in [3.05, 3.63) is 53.3 Å². The molecule has 2 aromatic rings. The van der Waals surface area contributed by atoms with Crippen LogP contribution in [0.5, 0.6) is 0 Å². The van der Waals surface area contributed by atoms with Gasteiger partial charge in [-0.05, 0) is 42.5 Å². The standard InChI is InChI=1S/C17H18N2O/c1-11-5-6-13(10-19-11)14-4-2-3-12-7-8-16(18)17(20)9-15(12)14/h2-6,10,16H,7-9,18H2,1H3. The van der Waals surface area contributed by atoms with Crippen molar-refractivity contribution in [1.29, 1.82) is 0 Å². The van der Waals surface area contributed by atoms with Crippen LogP contribution in [0.3, 0.4) is 0 Å². The zero-order valence-electron chi connectivity index (χ0n) is 11.6. The van der Waals surface area contributed by atoms with Gasteiger partial charge in [0.25, 0.3) is 0 Å². The topological polar surface area (TPSA) is 56.0 Å². The highest BCUT2D eigenvalue weighted by molar-refractivity contribution is 5.89. The van der Waals surface area contributed by atoms with Gasteiger partial charge in [0.2, 0.25) is 0 Å². The first kappa shape index (κ1) is 13.0. The second-order valence-electron chi connectivity index (χ2n) is 5.42. The summed E-state index contributed by atoms with van der Waals surface area (Å²) in [6, 6.07) is 9.95. The molecule has 102 valence electrons. The Bertz CT molecular complexity index is 647. The molecule has 0 fully saturated rings. The predicted octanol–water partition coefficient (Wildman–Crippen LogP) is 2.44. The maximum atomic E-state index is 12.1. The molecular formula is C17H18N2O. The van der Waals surface area contributed by atoms with Gasteiger partial charge in [0.05, 0.1) is 6.04 Å². The van der Waals surface area contributed by atoms with Gasteiger partial charge in [0.1, 0.15) is 0 Å². The molecule has 3 rings (SSSR count). The zero-order chi connectivity index (χ0) is 14.1. The Labute approximate surface area is 118 Å². The van der Waals surface area contributed by atoms with E-state index in [0.29, 0.717) is 6.42 Å². The summed E-state index contributed by atoms with van der Waals surface area (Å²) in [6.45, 7) is 1.97. The molecule has 1 aromatic heterocycles. The number of aryl methyl sites for hydroxylation is 2. The van der Waals surface area contributed by atoms with E-state index in [4.69, 9.17) is 5.73 Å². The minimum atomic E-state index is -0.327. The van der Waals surface area contributed by atoms with Crippen LogP contribution in [-0.2, 0) is 17.6 Å². The highest BCUT2D eigenvalue weighted by Gasteiger charge is 2.22. The van der Waals surface area contributed by atoms with Crippen molar-refractivity contribution in [3.63, 3.8) is 0 Å². The fraction of sp³-hybridized carbons (Fsp3) is 0.294. The number of carbonyl (C=O) groups excluding carboxylic acids is 1. The zero-order valence-corrected chi connectivity index (χ0v) is 11.6. The van der Waals surface area contributed by atoms with Crippen molar-refractivity contribution >= 4 is 5.78 Å². The number of aromatic nitrogens is 1. The average Bonchev–Trinajstić information content (AvgIpc) is 2.60. The van der Waals surface area contributed by atoms with Gasteiger partial charge in [-0.3, -0.25) is 9.78 Å². The molecule has 1 unspecified atom stereocenters. The highest BCUT2D eigenvalue weighted by atomic mass is 16.1. The quantitative estimate of drug-likeness (QED) is 0.807. The van der Waals surface area contributed by atoms with Gasteiger partial charge < -0.3 is 5.73 Å². The lowest BCUT2D eigenvalue weighted by Gasteiger charge is -2.12. The SMILES string of the molecule is Cc1ccc(-c2cccc3c2CC(=O)C(N)CC3)cn1. The smallest absolute Gasteiger partial charge is 0.153 e. The van der Waals surface area contributed by atoms with Crippen molar-refractivity contribution in [2.75, 3.05) is 0 Å². The Kier molecular flexibility index (Phi) is 3.36. The van der Waals surface area contributed by atoms with E-state index >= 15 is 0 Å². The Hall–Kier alpha value is -2.00. The third-order valence-electron chi connectivity index (χ3n) is 3.98. The van der Waals surface area contributed by atoms with Crippen LogP contribution < -0.4 is 5.73 Å². The molecule has 3 heteroatoms. The van der Waals surface area contributed by atoms with Crippen molar-refractivity contribution in [2.24, 2.45) is 5.73 Å². The summed E-state index contributed by atoms with van der Waals surface area (Å²) in [4.78, 5) is 16.4. The predicted molar refractivity (Wildman–Crippen MR) is 79.4 cm³/mol. The molecule has 1 heterocycles. The molecular weight excluding hydrogens is 248 g/mol. The third kappa shape index (κ3) is 2.37. The largest absolute Gasteiger partial charge is 0.321 e. The summed E-state index contributed by atoms with van der Waals surface area (Å²) in [5, 5.41) is 0. The van der Waals surface area contributed by atoms with E-state index < -0.39 is 0 Å². The van der Waals surface area contributed by atoms with Gasteiger partial charge in [-0.15, -0.1) is 0 Å². The molecule has 3 nitrogen and oxygen atoms in total. The van der Waals surface area contributed by atoms with Gasteiger partial charge in [-0.2, -0.15) is 0 Å². The molecule has 1 aromatic carbocycles. The van der Waals surface area contributed by atoms with Crippen LogP contribution in [0.25, 0.3) is 11.1 Å². The minimum absolute atomic E-state index is 0.135. The molecule has 1 atom stereocenters. The molecule has 20 heavy (non-hydrogen) atoms. The third-order valence-corrected chi connectivity index (χ3v) is 3.98. The molecule has 0 aliphatic heterocycles. The number of benzene rings is 1. The Morgan fingerprint density at radius 1 is 1.25 bits per heavy atom. The van der Waals surface area contributed by atoms with Crippen molar-refractivity contribution in [3.8, 4) is 11.1 Å². The van der Waals surface area contributed by atoms with Crippen molar-refractivity contribution in [1.82, 2.24) is 4.98 Å². The molecule has 0 saturated heterocycles. The number of pyridine rings is 1. The molecule has 0 radical (unpaired) electrons. The maximum Gasteiger partial charge on any atom is 0.153 e. The van der Waals surface area contributed by atoms with E-state index in [2.05, 4.69) is 29.2 Å². The van der Waals surface area contributed by atoms with E-state index in [-0.39, 0.29) is 11.8 Å². The average molecular weight is 266 g/mol. The molecule has 0 bridgehead atoms. The molecule has 1 aliphatic carbocycles. The van der Waals surface area contributed by atoms with Crippen LogP contribution in [0.1, 0.15) is 23.2 Å². The van der Waals surface area contributed by atoms with Crippen LogP contribution >= 0.6 is 0 Å². The van der Waals surface area contributed by atoms with Crippen LogP contribution in [0.15, 0.2) is 36.5 Å². The Morgan fingerprint density at radius 3 is 2.85 bits per heavy atom. The number of Topliss-reactive ketones (excluding diaryl/α,β-unsaturated/α-hetero) is 1. The normalized spacial score (nSPS) is 18.5. The summed E-state index contributed by atoms with van der Waals surface area (Å²) in [6.07, 6.45) is 3.91. The van der Waals surface area contributed by atoms with Crippen LogP contribution in [0.4, 0.5) is 0 Å². The Balaban J connectivity index is 2.10. The molecule has 0 spiro atoms. The van der Waals surface area contributed by atoms with Crippen LogP contribution in [0, 0.1) is 6.92 Å². The summed E-state index contributed by atoms with van der Waals surface area (Å²) in [5.41, 5.74) is 11.4. The number of rotatable bonds is 1. The maximum absolute atomic E-state index is 12.1. The summed E-state index contributed by atoms with van der Waals surface area (Å²) in [7, 11) is 0. The molecule has 2 N–H and O–H groups in total. The van der Waals surface area contributed by atoms with Gasteiger partial charge >= 0.3 is 0 Å². The number of hydrogen-bond acceptors (Lipinski definition) is 3. The number of hydrogen-bond donors (Lipinski definition) is 1. The number of nitrogens with two attached hydrogens (primary N) is 1. The summed E-state index contributed by atoms with van der Waals surface area (Å²) in [5.74, 6) is 0.135. The number of fused-ring (bicyclic) bond motifs is 1. The van der Waals surface area contributed by atoms with E-state index in [0.717, 1.165) is 35.2 Å². The fourth-order valence-electron chi connectivity index (χ4n) is 2.75. The number of ketones is 1. The van der Waals surface area contributed by atoms with E-state index in [1.54, 1.807) is 0 Å². The first-order valence-electron chi connectivity index (χ1n) is 6.97. The summed E-state index contributed by atoms with van der Waals surface area (Å²) >= 11 is 0. The van der Waals surface area contributed by atoms with Gasteiger partial charge in [-0.1, -0.05) is 24.3 Å². The van der Waals surface area contributed by atoms with Crippen LogP contribution in [-0.4, -0.2) is 16.8 Å². The molecule has 0 amide bonds. The van der Waals surface area contributed by atoms with E-state index in [9.17, 15) is 4.79 Å². The van der Waals surface area contributed by atoms with Crippen molar-refractivity contribution in [2.45, 2.75) is 32.2 Å². The monoisotopic (exact) mass is 266 g/mol. The van der Waals surface area contributed by atoms with Crippen molar-refractivity contribution < 1.29 is 4.79 Å². The second-order valence-corrected chi connectivity index (χ2v) is 5.42. The van der Waals surface area contributed by atoms with Gasteiger partial charge in [0, 0.05) is 23.9 Å². The van der Waals surface area contributed by atoms with E-state index in [1.165, 1.54) is 5.56 Å². The molecule has 0 saturated carbocycles. The highest BCUT2D eigenvalue weighted by Crippen LogP contribution is 2.29. The van der Waals surface area contributed by atoms with Gasteiger partial charge in [-0.25, -0.2) is 0 Å².